The van der Waals surface area contributed by atoms with Crippen LogP contribution >= 0.6 is 11.3 Å². The molecule has 1 aromatic rings. The predicted octanol–water partition coefficient (Wildman–Crippen LogP) is 2.06. The number of fused-ring (bicyclic) bond motifs is 1. The summed E-state index contributed by atoms with van der Waals surface area (Å²) in [6, 6.07) is 0. The Labute approximate surface area is 164 Å². The van der Waals surface area contributed by atoms with Crippen molar-refractivity contribution in [2.45, 2.75) is 40.0 Å². The van der Waals surface area contributed by atoms with Gasteiger partial charge in [0, 0.05) is 11.4 Å². The number of nitrogens with one attached hydrogen (secondary N) is 2. The van der Waals surface area contributed by atoms with Gasteiger partial charge in [0.2, 0.25) is 11.8 Å². The molecule has 7 nitrogen and oxygen atoms in total. The maximum atomic E-state index is 12.5. The Hall–Kier alpha value is -1.93. The van der Waals surface area contributed by atoms with Gasteiger partial charge in [-0.05, 0) is 44.2 Å². The fraction of sp³-hybridized carbons (Fsp3) is 0.632. The number of rotatable bonds is 8. The monoisotopic (exact) mass is 395 g/mol. The highest BCUT2D eigenvalue weighted by Gasteiger charge is 2.29. The van der Waals surface area contributed by atoms with E-state index in [0.717, 1.165) is 29.7 Å². The van der Waals surface area contributed by atoms with Gasteiger partial charge in [0.15, 0.2) is 0 Å². The average molecular weight is 396 g/mol. The van der Waals surface area contributed by atoms with E-state index in [4.69, 9.17) is 4.74 Å². The first-order chi connectivity index (χ1) is 12.9. The van der Waals surface area contributed by atoms with Crippen LogP contribution in [-0.4, -0.2) is 56.0 Å². The summed E-state index contributed by atoms with van der Waals surface area (Å²) in [5.74, 6) is -0.189. The Morgan fingerprint density at radius 2 is 1.93 bits per heavy atom. The molecule has 0 aliphatic heterocycles. The van der Waals surface area contributed by atoms with Crippen LogP contribution in [0.4, 0.5) is 5.00 Å². The molecule has 0 aromatic carbocycles. The molecule has 0 unspecified atom stereocenters. The van der Waals surface area contributed by atoms with Crippen LogP contribution in [0.15, 0.2) is 0 Å². The molecule has 1 aliphatic carbocycles. The number of methoxy groups -OCH3 is 1. The van der Waals surface area contributed by atoms with Crippen LogP contribution in [0.2, 0.25) is 0 Å². The smallest absolute Gasteiger partial charge is 0.341 e. The minimum Gasteiger partial charge on any atom is -0.465 e. The van der Waals surface area contributed by atoms with Gasteiger partial charge in [-0.2, -0.15) is 0 Å². The van der Waals surface area contributed by atoms with E-state index in [1.807, 2.05) is 13.8 Å². The molecule has 27 heavy (non-hydrogen) atoms. The van der Waals surface area contributed by atoms with Gasteiger partial charge in [0.1, 0.15) is 5.00 Å². The van der Waals surface area contributed by atoms with E-state index in [9.17, 15) is 14.4 Å². The van der Waals surface area contributed by atoms with Crippen molar-refractivity contribution in [3.63, 3.8) is 0 Å². The quantitative estimate of drug-likeness (QED) is 0.658. The standard InChI is InChI=1S/C19H29N3O4S/c1-5-20-15(23)10-22(6-2)11-16(24)21-18-17(19(25)26-4)13-8-7-12(3)9-14(13)27-18/h12H,5-11H2,1-4H3,(H,20,23)(H,21,24)/t12-/m1/s1. The largest absolute Gasteiger partial charge is 0.465 e. The van der Waals surface area contributed by atoms with Crippen LogP contribution in [0.25, 0.3) is 0 Å². The first kappa shape index (κ1) is 21.4. The third-order valence-corrected chi connectivity index (χ3v) is 5.88. The second-order valence-electron chi connectivity index (χ2n) is 6.85. The number of carbonyl (C=O) groups excluding carboxylic acids is 3. The molecular weight excluding hydrogens is 366 g/mol. The number of esters is 1. The lowest BCUT2D eigenvalue weighted by Crippen LogP contribution is -2.41. The molecular formula is C19H29N3O4S. The van der Waals surface area contributed by atoms with Gasteiger partial charge < -0.3 is 15.4 Å². The highest BCUT2D eigenvalue weighted by Crippen LogP contribution is 2.40. The van der Waals surface area contributed by atoms with Crippen LogP contribution in [0.5, 0.6) is 0 Å². The fourth-order valence-electron chi connectivity index (χ4n) is 3.26. The number of likely N-dealkylation sites (N-methyl/N-ethyl adjacent to an activating group) is 2. The lowest BCUT2D eigenvalue weighted by molar-refractivity contribution is -0.123. The highest BCUT2D eigenvalue weighted by atomic mass is 32.1. The fourth-order valence-corrected chi connectivity index (χ4v) is 4.68. The van der Waals surface area contributed by atoms with Crippen LogP contribution < -0.4 is 10.6 Å². The van der Waals surface area contributed by atoms with Crippen LogP contribution in [-0.2, 0) is 27.2 Å². The zero-order valence-corrected chi connectivity index (χ0v) is 17.3. The Bertz CT molecular complexity index is 701. The van der Waals surface area contributed by atoms with Crippen molar-refractivity contribution in [2.75, 3.05) is 38.6 Å². The molecule has 2 N–H and O–H groups in total. The SMILES string of the molecule is CCNC(=O)CN(CC)CC(=O)Nc1sc2c(c1C(=O)OC)CC[C@@H](C)C2. The lowest BCUT2D eigenvalue weighted by atomic mass is 9.88. The summed E-state index contributed by atoms with van der Waals surface area (Å²) < 4.78 is 4.94. The van der Waals surface area contributed by atoms with E-state index in [1.54, 1.807) is 4.90 Å². The maximum Gasteiger partial charge on any atom is 0.341 e. The summed E-state index contributed by atoms with van der Waals surface area (Å²) in [7, 11) is 1.36. The molecule has 0 saturated carbocycles. The number of hydrogen-bond donors (Lipinski definition) is 2. The normalized spacial score (nSPS) is 16.0. The topological polar surface area (TPSA) is 87.7 Å². The summed E-state index contributed by atoms with van der Waals surface area (Å²) in [6.07, 6.45) is 2.76. The number of thiophene rings is 1. The first-order valence-electron chi connectivity index (χ1n) is 9.41. The summed E-state index contributed by atoms with van der Waals surface area (Å²) in [5, 5.41) is 6.16. The second kappa shape index (κ2) is 9.85. The molecule has 0 spiro atoms. The van der Waals surface area contributed by atoms with Crippen LogP contribution in [0.1, 0.15) is 48.0 Å². The molecule has 1 atom stereocenters. The van der Waals surface area contributed by atoms with Crippen molar-refractivity contribution in [1.82, 2.24) is 10.2 Å². The molecule has 0 fully saturated rings. The average Bonchev–Trinajstić information content (AvgIpc) is 2.97. The van der Waals surface area contributed by atoms with Crippen molar-refractivity contribution in [3.8, 4) is 0 Å². The Morgan fingerprint density at radius 3 is 2.56 bits per heavy atom. The Morgan fingerprint density at radius 1 is 1.22 bits per heavy atom. The van der Waals surface area contributed by atoms with Gasteiger partial charge in [-0.1, -0.05) is 13.8 Å². The van der Waals surface area contributed by atoms with E-state index in [0.29, 0.717) is 29.6 Å². The number of hydrogen-bond acceptors (Lipinski definition) is 6. The van der Waals surface area contributed by atoms with Gasteiger partial charge in [0.25, 0.3) is 0 Å². The highest BCUT2D eigenvalue weighted by molar-refractivity contribution is 7.17. The van der Waals surface area contributed by atoms with E-state index in [-0.39, 0.29) is 24.9 Å². The van der Waals surface area contributed by atoms with Gasteiger partial charge in [-0.25, -0.2) is 4.79 Å². The van der Waals surface area contributed by atoms with Crippen LogP contribution in [0, 0.1) is 5.92 Å². The zero-order chi connectivity index (χ0) is 20.0. The third kappa shape index (κ3) is 5.52. The summed E-state index contributed by atoms with van der Waals surface area (Å²) in [4.78, 5) is 39.5. The number of anilines is 1. The summed E-state index contributed by atoms with van der Waals surface area (Å²) >= 11 is 1.46. The Balaban J connectivity index is 2.12. The molecule has 0 saturated heterocycles. The van der Waals surface area contributed by atoms with Crippen LogP contribution in [0.3, 0.4) is 0 Å². The third-order valence-electron chi connectivity index (χ3n) is 4.71. The molecule has 1 aliphatic rings. The second-order valence-corrected chi connectivity index (χ2v) is 7.96. The zero-order valence-electron chi connectivity index (χ0n) is 16.5. The molecule has 150 valence electrons. The Kier molecular flexibility index (Phi) is 7.79. The van der Waals surface area contributed by atoms with Crippen molar-refractivity contribution >= 4 is 34.1 Å². The first-order valence-corrected chi connectivity index (χ1v) is 10.2. The molecule has 0 bridgehead atoms. The van der Waals surface area contributed by atoms with E-state index < -0.39 is 5.97 Å². The van der Waals surface area contributed by atoms with Crippen molar-refractivity contribution < 1.29 is 19.1 Å². The van der Waals surface area contributed by atoms with Crippen molar-refractivity contribution in [3.05, 3.63) is 16.0 Å². The number of carbonyl (C=O) groups is 3. The van der Waals surface area contributed by atoms with Gasteiger partial charge in [-0.15, -0.1) is 11.3 Å². The maximum absolute atomic E-state index is 12.5. The molecule has 2 rings (SSSR count). The minimum absolute atomic E-state index is 0.0905. The van der Waals surface area contributed by atoms with Crippen molar-refractivity contribution in [1.29, 1.82) is 0 Å². The summed E-state index contributed by atoms with van der Waals surface area (Å²) in [5.41, 5.74) is 1.50. The molecule has 8 heteroatoms. The predicted molar refractivity (Wildman–Crippen MR) is 106 cm³/mol. The van der Waals surface area contributed by atoms with E-state index >= 15 is 0 Å². The molecule has 1 heterocycles. The number of amides is 2. The van der Waals surface area contributed by atoms with E-state index in [1.165, 1.54) is 18.4 Å². The molecule has 0 radical (unpaired) electrons. The minimum atomic E-state index is -0.410. The van der Waals surface area contributed by atoms with Gasteiger partial charge in [-0.3, -0.25) is 14.5 Å². The van der Waals surface area contributed by atoms with Gasteiger partial charge in [0.05, 0.1) is 25.8 Å². The van der Waals surface area contributed by atoms with E-state index in [2.05, 4.69) is 17.6 Å². The number of ether oxygens (including phenoxy) is 1. The lowest BCUT2D eigenvalue weighted by Gasteiger charge is -2.19. The van der Waals surface area contributed by atoms with Gasteiger partial charge >= 0.3 is 5.97 Å². The van der Waals surface area contributed by atoms with Crippen molar-refractivity contribution in [2.24, 2.45) is 5.92 Å². The molecule has 1 aromatic heterocycles. The number of nitrogens with zero attached hydrogens (tertiary/aromatic N) is 1. The molecule has 2 amide bonds. The summed E-state index contributed by atoms with van der Waals surface area (Å²) in [6.45, 7) is 7.34.